The van der Waals surface area contributed by atoms with Crippen LogP contribution in [0.15, 0.2) is 59.8 Å². The molecule has 35 heavy (non-hydrogen) atoms. The number of benzene rings is 2. The topological polar surface area (TPSA) is 85.0 Å². The maximum absolute atomic E-state index is 13.4. The number of nitrogens with zero attached hydrogens (tertiary/aromatic N) is 3. The van der Waals surface area contributed by atoms with E-state index in [9.17, 15) is 14.4 Å². The Morgan fingerprint density at radius 1 is 1.06 bits per heavy atom. The molecule has 0 aromatic heterocycles. The molecule has 2 aromatic carbocycles. The third-order valence-corrected chi connectivity index (χ3v) is 6.55. The van der Waals surface area contributed by atoms with Gasteiger partial charge >= 0.3 is 6.03 Å². The fraction of sp³-hybridized carbons (Fsp3) is 0.370. The third-order valence-electron chi connectivity index (χ3n) is 6.55. The minimum atomic E-state index is -0.554. The zero-order valence-corrected chi connectivity index (χ0v) is 21.2. The standard InChI is InChI=1S/C27H33N5O3/c1-27(2,3)18-9-7-17(8-10-18)24-23-21(31(6)26(35)29-24)15-32(25(23)34)16-22(33)28-19-11-13-20(14-12-19)30(4)5/h7-14,24H,15-16H2,1-6H3,(H,28,33)(H,29,35). The van der Waals surface area contributed by atoms with Gasteiger partial charge in [-0.25, -0.2) is 4.79 Å². The van der Waals surface area contributed by atoms with Gasteiger partial charge in [0.05, 0.1) is 23.9 Å². The first-order chi connectivity index (χ1) is 16.5. The van der Waals surface area contributed by atoms with Crippen molar-refractivity contribution in [1.29, 1.82) is 0 Å². The summed E-state index contributed by atoms with van der Waals surface area (Å²) in [5.41, 5.74) is 4.84. The number of nitrogens with one attached hydrogen (secondary N) is 2. The van der Waals surface area contributed by atoms with Crippen molar-refractivity contribution in [3.8, 4) is 0 Å². The number of likely N-dealkylation sites (N-methyl/N-ethyl adjacent to an activating group) is 1. The summed E-state index contributed by atoms with van der Waals surface area (Å²) < 4.78 is 0. The van der Waals surface area contributed by atoms with Gasteiger partial charge in [-0.2, -0.15) is 0 Å². The van der Waals surface area contributed by atoms with Crippen LogP contribution in [0.4, 0.5) is 16.2 Å². The van der Waals surface area contributed by atoms with Gasteiger partial charge in [-0.3, -0.25) is 14.5 Å². The van der Waals surface area contributed by atoms with Crippen LogP contribution in [-0.2, 0) is 15.0 Å². The molecule has 2 N–H and O–H groups in total. The first-order valence-electron chi connectivity index (χ1n) is 11.7. The lowest BCUT2D eigenvalue weighted by Gasteiger charge is -2.31. The minimum Gasteiger partial charge on any atom is -0.378 e. The van der Waals surface area contributed by atoms with E-state index in [1.165, 1.54) is 15.4 Å². The maximum Gasteiger partial charge on any atom is 0.322 e. The minimum absolute atomic E-state index is 0.000882. The van der Waals surface area contributed by atoms with Crippen molar-refractivity contribution >= 4 is 29.2 Å². The Morgan fingerprint density at radius 3 is 2.26 bits per heavy atom. The van der Waals surface area contributed by atoms with Crippen molar-refractivity contribution in [2.24, 2.45) is 0 Å². The second kappa shape index (κ2) is 9.09. The van der Waals surface area contributed by atoms with Crippen molar-refractivity contribution in [2.75, 3.05) is 44.4 Å². The molecule has 8 nitrogen and oxygen atoms in total. The van der Waals surface area contributed by atoms with Crippen molar-refractivity contribution in [3.63, 3.8) is 0 Å². The molecular formula is C27H33N5O3. The molecule has 0 aliphatic carbocycles. The van der Waals surface area contributed by atoms with E-state index in [0.29, 0.717) is 17.0 Å². The summed E-state index contributed by atoms with van der Waals surface area (Å²) in [6.45, 7) is 6.53. The highest BCUT2D eigenvalue weighted by Gasteiger charge is 2.43. The van der Waals surface area contributed by atoms with E-state index in [1.807, 2.05) is 67.5 Å². The lowest BCUT2D eigenvalue weighted by Crippen LogP contribution is -2.45. The maximum atomic E-state index is 13.4. The molecule has 184 valence electrons. The van der Waals surface area contributed by atoms with Crippen LogP contribution in [0.5, 0.6) is 0 Å². The molecular weight excluding hydrogens is 442 g/mol. The van der Waals surface area contributed by atoms with E-state index < -0.39 is 6.04 Å². The van der Waals surface area contributed by atoms with Gasteiger partial charge in [0.25, 0.3) is 5.91 Å². The first-order valence-corrected chi connectivity index (χ1v) is 11.7. The SMILES string of the molecule is CN1C(=O)NC(c2ccc(C(C)(C)C)cc2)C2=C1CN(CC(=O)Nc1ccc(N(C)C)cc1)C2=O. The van der Waals surface area contributed by atoms with Crippen molar-refractivity contribution in [2.45, 2.75) is 32.2 Å². The number of carbonyl (C=O) groups is 3. The van der Waals surface area contributed by atoms with Gasteiger partial charge in [-0.1, -0.05) is 45.0 Å². The number of carbonyl (C=O) groups excluding carboxylic acids is 3. The van der Waals surface area contributed by atoms with Crippen LogP contribution in [0.2, 0.25) is 0 Å². The molecule has 1 atom stereocenters. The summed E-state index contributed by atoms with van der Waals surface area (Å²) in [7, 11) is 5.54. The molecule has 0 saturated carbocycles. The summed E-state index contributed by atoms with van der Waals surface area (Å²) in [5.74, 6) is -0.529. The number of amides is 4. The van der Waals surface area contributed by atoms with E-state index in [0.717, 1.165) is 11.3 Å². The summed E-state index contributed by atoms with van der Waals surface area (Å²) >= 11 is 0. The van der Waals surface area contributed by atoms with Crippen molar-refractivity contribution < 1.29 is 14.4 Å². The van der Waals surface area contributed by atoms with Gasteiger partial charge in [0.1, 0.15) is 6.54 Å². The smallest absolute Gasteiger partial charge is 0.322 e. The lowest BCUT2D eigenvalue weighted by molar-refractivity contribution is -0.130. The molecule has 2 heterocycles. The molecule has 0 radical (unpaired) electrons. The van der Waals surface area contributed by atoms with Gasteiger partial charge in [-0.15, -0.1) is 0 Å². The number of urea groups is 1. The van der Waals surface area contributed by atoms with Crippen LogP contribution in [0.1, 0.15) is 37.9 Å². The van der Waals surface area contributed by atoms with Crippen LogP contribution in [-0.4, -0.2) is 61.9 Å². The number of hydrogen-bond donors (Lipinski definition) is 2. The molecule has 2 aliphatic rings. The quantitative estimate of drug-likeness (QED) is 0.694. The van der Waals surface area contributed by atoms with E-state index >= 15 is 0 Å². The fourth-order valence-corrected chi connectivity index (χ4v) is 4.39. The highest BCUT2D eigenvalue weighted by Crippen LogP contribution is 2.36. The predicted octanol–water partition coefficient (Wildman–Crippen LogP) is 3.48. The number of rotatable bonds is 5. The molecule has 0 spiro atoms. The van der Waals surface area contributed by atoms with Gasteiger partial charge in [0.2, 0.25) is 5.91 Å². The average molecular weight is 476 g/mol. The Morgan fingerprint density at radius 2 is 1.69 bits per heavy atom. The number of anilines is 2. The average Bonchev–Trinajstić information content (AvgIpc) is 3.12. The van der Waals surface area contributed by atoms with Gasteiger partial charge in [-0.05, 0) is 40.8 Å². The van der Waals surface area contributed by atoms with Crippen LogP contribution in [0.3, 0.4) is 0 Å². The number of hydrogen-bond acceptors (Lipinski definition) is 4. The molecule has 0 saturated heterocycles. The molecule has 4 rings (SSSR count). The second-order valence-electron chi connectivity index (χ2n) is 10.3. The van der Waals surface area contributed by atoms with E-state index in [2.05, 4.69) is 31.4 Å². The largest absolute Gasteiger partial charge is 0.378 e. The van der Waals surface area contributed by atoms with Crippen LogP contribution in [0, 0.1) is 0 Å². The van der Waals surface area contributed by atoms with Gasteiger partial charge in [0.15, 0.2) is 0 Å². The Bertz CT molecular complexity index is 1180. The van der Waals surface area contributed by atoms with Crippen LogP contribution in [0.25, 0.3) is 0 Å². The Balaban J connectivity index is 1.51. The Labute approximate surface area is 206 Å². The molecule has 4 amide bonds. The molecule has 1 unspecified atom stereocenters. The van der Waals surface area contributed by atoms with E-state index in [4.69, 9.17) is 0 Å². The molecule has 8 heteroatoms. The normalized spacial score (nSPS) is 17.9. The molecule has 2 aliphatic heterocycles. The Kier molecular flexibility index (Phi) is 6.32. The van der Waals surface area contributed by atoms with Crippen LogP contribution < -0.4 is 15.5 Å². The fourth-order valence-electron chi connectivity index (χ4n) is 4.39. The molecule has 0 fully saturated rings. The monoisotopic (exact) mass is 475 g/mol. The molecule has 0 bridgehead atoms. The highest BCUT2D eigenvalue weighted by molar-refractivity contribution is 6.04. The summed E-state index contributed by atoms with van der Waals surface area (Å²) in [6.07, 6.45) is 0. The summed E-state index contributed by atoms with van der Waals surface area (Å²) in [4.78, 5) is 43.7. The Hall–Kier alpha value is -3.81. The van der Waals surface area contributed by atoms with Gasteiger partial charge < -0.3 is 20.4 Å². The van der Waals surface area contributed by atoms with Crippen LogP contribution >= 0.6 is 0 Å². The predicted molar refractivity (Wildman–Crippen MR) is 137 cm³/mol. The molecule has 2 aromatic rings. The zero-order chi connectivity index (χ0) is 25.5. The van der Waals surface area contributed by atoms with Gasteiger partial charge in [0, 0.05) is 32.5 Å². The second-order valence-corrected chi connectivity index (χ2v) is 10.3. The van der Waals surface area contributed by atoms with E-state index in [1.54, 1.807) is 7.05 Å². The van der Waals surface area contributed by atoms with Crippen molar-refractivity contribution in [1.82, 2.24) is 15.1 Å². The summed E-state index contributed by atoms with van der Waals surface area (Å²) in [6, 6.07) is 14.7. The highest BCUT2D eigenvalue weighted by atomic mass is 16.2. The van der Waals surface area contributed by atoms with Crippen molar-refractivity contribution in [3.05, 3.63) is 70.9 Å². The summed E-state index contributed by atoms with van der Waals surface area (Å²) in [5, 5.41) is 5.80. The lowest BCUT2D eigenvalue weighted by atomic mass is 9.85. The first kappa shape index (κ1) is 24.3. The van der Waals surface area contributed by atoms with E-state index in [-0.39, 0.29) is 36.3 Å². The third kappa shape index (κ3) is 4.87. The zero-order valence-electron chi connectivity index (χ0n) is 21.2.